The molecule has 1 atom stereocenters. The molecule has 7 nitrogen and oxygen atoms in total. The smallest absolute Gasteiger partial charge is 0.269 e. The third-order valence-electron chi connectivity index (χ3n) is 4.85. The highest BCUT2D eigenvalue weighted by molar-refractivity contribution is 6.30. The number of hydrogen-bond acceptors (Lipinski definition) is 4. The first kappa shape index (κ1) is 19.0. The zero-order chi connectivity index (χ0) is 20.5. The molecule has 0 spiro atoms. The van der Waals surface area contributed by atoms with Crippen molar-refractivity contribution in [2.24, 2.45) is 11.7 Å². The Morgan fingerprint density at radius 1 is 1.34 bits per heavy atom. The van der Waals surface area contributed by atoms with Crippen LogP contribution in [0.25, 0.3) is 16.7 Å². The van der Waals surface area contributed by atoms with Crippen LogP contribution in [0.4, 0.5) is 0 Å². The molecule has 2 amide bonds. The first-order valence-electron chi connectivity index (χ1n) is 9.15. The Hall–Kier alpha value is -3.37. The average molecular weight is 408 g/mol. The van der Waals surface area contributed by atoms with Gasteiger partial charge in [0.05, 0.1) is 17.0 Å². The van der Waals surface area contributed by atoms with Gasteiger partial charge in [-0.15, -0.1) is 0 Å². The van der Waals surface area contributed by atoms with Gasteiger partial charge in [0.25, 0.3) is 5.91 Å². The third kappa shape index (κ3) is 3.67. The van der Waals surface area contributed by atoms with E-state index in [4.69, 9.17) is 17.3 Å². The van der Waals surface area contributed by atoms with Crippen molar-refractivity contribution in [3.63, 3.8) is 0 Å². The van der Waals surface area contributed by atoms with Gasteiger partial charge in [-0.3, -0.25) is 9.59 Å². The number of fused-ring (bicyclic) bond motifs is 1. The van der Waals surface area contributed by atoms with Crippen molar-refractivity contribution in [1.29, 1.82) is 0 Å². The van der Waals surface area contributed by atoms with Gasteiger partial charge in [-0.05, 0) is 43.2 Å². The quantitative estimate of drug-likeness (QED) is 0.660. The van der Waals surface area contributed by atoms with Crippen LogP contribution < -0.4 is 5.73 Å². The maximum Gasteiger partial charge on any atom is 0.269 e. The van der Waals surface area contributed by atoms with Crippen LogP contribution in [0.1, 0.15) is 28.9 Å². The second-order valence-corrected chi connectivity index (χ2v) is 7.36. The van der Waals surface area contributed by atoms with E-state index in [1.807, 2.05) is 0 Å². The Bertz CT molecular complexity index is 1190. The lowest BCUT2D eigenvalue weighted by atomic mass is 9.97. The van der Waals surface area contributed by atoms with Crippen LogP contribution in [-0.2, 0) is 4.79 Å². The van der Waals surface area contributed by atoms with Gasteiger partial charge in [0.15, 0.2) is 11.3 Å². The number of nitrogens with two attached hydrogens (primary N) is 1. The number of piperidine rings is 1. The maximum atomic E-state index is 12.2. The van der Waals surface area contributed by atoms with E-state index in [9.17, 15) is 9.59 Å². The molecule has 0 bridgehead atoms. The Balaban J connectivity index is 1.76. The van der Waals surface area contributed by atoms with E-state index in [1.54, 1.807) is 48.5 Å². The number of rotatable bonds is 2. The molecular weight excluding hydrogens is 390 g/mol. The number of carbonyl (C=O) groups is 2. The number of primary amides is 1. The molecule has 4 rings (SSSR count). The zero-order valence-electron chi connectivity index (χ0n) is 15.7. The largest absolute Gasteiger partial charge is 0.364 e. The summed E-state index contributed by atoms with van der Waals surface area (Å²) < 4.78 is 1.52. The maximum absolute atomic E-state index is 12.2. The molecule has 0 aliphatic carbocycles. The van der Waals surface area contributed by atoms with Crippen molar-refractivity contribution in [1.82, 2.24) is 19.7 Å². The monoisotopic (exact) mass is 407 g/mol. The molecule has 3 aromatic rings. The fourth-order valence-electron chi connectivity index (χ4n) is 3.42. The number of benzene rings is 1. The molecule has 1 saturated heterocycles. The predicted octanol–water partition coefficient (Wildman–Crippen LogP) is 2.39. The fourth-order valence-corrected chi connectivity index (χ4v) is 3.65. The van der Waals surface area contributed by atoms with Crippen LogP contribution in [0.2, 0.25) is 5.02 Å². The molecule has 1 aliphatic heterocycles. The Labute approximate surface area is 172 Å². The molecule has 1 unspecified atom stereocenters. The second kappa shape index (κ2) is 7.57. The van der Waals surface area contributed by atoms with Crippen LogP contribution in [-0.4, -0.2) is 45.1 Å². The molecule has 0 radical (unpaired) electrons. The van der Waals surface area contributed by atoms with E-state index in [1.165, 1.54) is 4.68 Å². The first-order chi connectivity index (χ1) is 13.9. The summed E-state index contributed by atoms with van der Waals surface area (Å²) in [6.45, 7) is 0.764. The average Bonchev–Trinajstić information content (AvgIpc) is 3.09. The number of halogens is 1. The number of aromatic nitrogens is 3. The van der Waals surface area contributed by atoms with Crippen molar-refractivity contribution in [3.8, 4) is 17.5 Å². The van der Waals surface area contributed by atoms with E-state index >= 15 is 0 Å². The minimum absolute atomic E-state index is 0.0411. The van der Waals surface area contributed by atoms with E-state index in [-0.39, 0.29) is 17.5 Å². The highest BCUT2D eigenvalue weighted by Gasteiger charge is 2.24. The lowest BCUT2D eigenvalue weighted by molar-refractivity contribution is -0.134. The van der Waals surface area contributed by atoms with Crippen LogP contribution in [0, 0.1) is 17.8 Å². The minimum atomic E-state index is -0.635. The Kier molecular flexibility index (Phi) is 4.95. The van der Waals surface area contributed by atoms with Gasteiger partial charge < -0.3 is 10.6 Å². The van der Waals surface area contributed by atoms with Gasteiger partial charge in [-0.25, -0.2) is 9.67 Å². The highest BCUT2D eigenvalue weighted by atomic mass is 35.5. The third-order valence-corrected chi connectivity index (χ3v) is 5.07. The summed E-state index contributed by atoms with van der Waals surface area (Å²) in [6, 6.07) is 8.68. The summed E-state index contributed by atoms with van der Waals surface area (Å²) >= 11 is 6.30. The molecule has 2 N–H and O–H groups in total. The zero-order valence-corrected chi connectivity index (χ0v) is 16.5. The van der Waals surface area contributed by atoms with Gasteiger partial charge in [0.1, 0.15) is 0 Å². The topological polar surface area (TPSA) is 94.1 Å². The van der Waals surface area contributed by atoms with Crippen molar-refractivity contribution in [2.75, 3.05) is 13.6 Å². The molecule has 8 heteroatoms. The second-order valence-electron chi connectivity index (χ2n) is 6.92. The Morgan fingerprint density at radius 2 is 2.17 bits per heavy atom. The summed E-state index contributed by atoms with van der Waals surface area (Å²) in [7, 11) is 1.79. The van der Waals surface area contributed by atoms with Crippen LogP contribution in [0.15, 0.2) is 36.5 Å². The van der Waals surface area contributed by atoms with Crippen molar-refractivity contribution < 1.29 is 9.59 Å². The van der Waals surface area contributed by atoms with Crippen molar-refractivity contribution in [2.45, 2.75) is 12.8 Å². The lowest BCUT2D eigenvalue weighted by Crippen LogP contribution is -2.37. The number of carbonyl (C=O) groups excluding carboxylic acids is 2. The van der Waals surface area contributed by atoms with Gasteiger partial charge in [-0.1, -0.05) is 23.4 Å². The Morgan fingerprint density at radius 3 is 2.97 bits per heavy atom. The van der Waals surface area contributed by atoms with Crippen LogP contribution >= 0.6 is 11.6 Å². The van der Waals surface area contributed by atoms with E-state index in [0.717, 1.165) is 19.4 Å². The van der Waals surface area contributed by atoms with Gasteiger partial charge in [0.2, 0.25) is 5.91 Å². The van der Waals surface area contributed by atoms with E-state index < -0.39 is 5.91 Å². The summed E-state index contributed by atoms with van der Waals surface area (Å²) in [4.78, 5) is 30.0. The molecular formula is C21H18ClN5O2. The normalized spacial score (nSPS) is 16.6. The van der Waals surface area contributed by atoms with E-state index in [0.29, 0.717) is 27.3 Å². The molecule has 1 fully saturated rings. The summed E-state index contributed by atoms with van der Waals surface area (Å²) in [5.74, 6) is 5.21. The number of likely N-dealkylation sites (tertiary alicyclic amines) is 1. The first-order valence-corrected chi connectivity index (χ1v) is 9.53. The highest BCUT2D eigenvalue weighted by Crippen LogP contribution is 2.24. The van der Waals surface area contributed by atoms with Crippen LogP contribution in [0.5, 0.6) is 0 Å². The summed E-state index contributed by atoms with van der Waals surface area (Å²) in [5.41, 5.74) is 7.34. The summed E-state index contributed by atoms with van der Waals surface area (Å²) in [5, 5.41) is 5.34. The number of nitrogens with zero attached hydrogens (tertiary/aromatic N) is 4. The fraction of sp³-hybridized carbons (Fsp3) is 0.238. The van der Waals surface area contributed by atoms with Crippen molar-refractivity contribution >= 4 is 34.4 Å². The minimum Gasteiger partial charge on any atom is -0.364 e. The molecule has 1 aromatic carbocycles. The molecule has 146 valence electrons. The van der Waals surface area contributed by atoms with Crippen molar-refractivity contribution in [3.05, 3.63) is 52.8 Å². The van der Waals surface area contributed by atoms with Gasteiger partial charge in [0, 0.05) is 30.4 Å². The number of pyridine rings is 1. The predicted molar refractivity (Wildman–Crippen MR) is 110 cm³/mol. The number of amides is 2. The van der Waals surface area contributed by atoms with Crippen LogP contribution in [0.3, 0.4) is 0 Å². The standard InChI is InChI=1S/C21H18ClN5O2/c1-26-9-3-4-14(21(26)29)7-6-13-10-15(22)12-16(11-13)27-20-17(5-2-8-24-20)18(25-27)19(23)28/h2,5,8,10-12,14H,3-4,9H2,1H3,(H2,23,28). The van der Waals surface area contributed by atoms with Gasteiger partial charge in [-0.2, -0.15) is 5.10 Å². The summed E-state index contributed by atoms with van der Waals surface area (Å²) in [6.07, 6.45) is 3.30. The number of hydrogen-bond donors (Lipinski definition) is 1. The molecule has 29 heavy (non-hydrogen) atoms. The molecule has 0 saturated carbocycles. The van der Waals surface area contributed by atoms with Gasteiger partial charge >= 0.3 is 0 Å². The molecule has 2 aromatic heterocycles. The SMILES string of the molecule is CN1CCCC(C#Cc2cc(Cl)cc(-n3nc(C(N)=O)c4cccnc43)c2)C1=O. The molecule has 1 aliphatic rings. The lowest BCUT2D eigenvalue weighted by Gasteiger charge is -2.26. The van der Waals surface area contributed by atoms with E-state index in [2.05, 4.69) is 21.9 Å². The molecule has 3 heterocycles.